The summed E-state index contributed by atoms with van der Waals surface area (Å²) in [4.78, 5) is 31.6. The Morgan fingerprint density at radius 3 is 2.71 bits per heavy atom. The van der Waals surface area contributed by atoms with Crippen LogP contribution in [0, 0.1) is 0 Å². The summed E-state index contributed by atoms with van der Waals surface area (Å²) in [5.41, 5.74) is 2.69. The zero-order chi connectivity index (χ0) is 17.1. The SMILES string of the molecule is Cn1c(=O)n(C)c2cc(CNCC(=O)Nc3cnccn3)ccc21. The molecule has 24 heavy (non-hydrogen) atoms. The second kappa shape index (κ2) is 6.63. The number of amides is 1. The molecule has 0 aliphatic carbocycles. The van der Waals surface area contributed by atoms with Crippen LogP contribution in [0.25, 0.3) is 11.0 Å². The van der Waals surface area contributed by atoms with Gasteiger partial charge in [0.15, 0.2) is 5.82 Å². The van der Waals surface area contributed by atoms with Crippen LogP contribution >= 0.6 is 0 Å². The van der Waals surface area contributed by atoms with Gasteiger partial charge in [-0.2, -0.15) is 0 Å². The maximum absolute atomic E-state index is 11.9. The van der Waals surface area contributed by atoms with Crippen LogP contribution in [0.3, 0.4) is 0 Å². The summed E-state index contributed by atoms with van der Waals surface area (Å²) in [6.45, 7) is 0.676. The van der Waals surface area contributed by atoms with Crippen LogP contribution in [-0.2, 0) is 25.4 Å². The largest absolute Gasteiger partial charge is 0.328 e. The van der Waals surface area contributed by atoms with E-state index in [1.54, 1.807) is 29.4 Å². The monoisotopic (exact) mass is 326 g/mol. The molecule has 8 nitrogen and oxygen atoms in total. The van der Waals surface area contributed by atoms with Crippen LogP contribution < -0.4 is 16.3 Å². The third kappa shape index (κ3) is 3.18. The second-order valence-electron chi connectivity index (χ2n) is 5.47. The van der Waals surface area contributed by atoms with Gasteiger partial charge in [0.05, 0.1) is 23.8 Å². The number of hydrogen-bond acceptors (Lipinski definition) is 5. The van der Waals surface area contributed by atoms with Crippen molar-refractivity contribution in [2.75, 3.05) is 11.9 Å². The average molecular weight is 326 g/mol. The average Bonchev–Trinajstić information content (AvgIpc) is 2.80. The van der Waals surface area contributed by atoms with Crippen molar-refractivity contribution in [2.24, 2.45) is 14.1 Å². The van der Waals surface area contributed by atoms with Crippen LogP contribution in [0.15, 0.2) is 41.6 Å². The molecule has 0 radical (unpaired) electrons. The van der Waals surface area contributed by atoms with Gasteiger partial charge in [0, 0.05) is 33.0 Å². The maximum atomic E-state index is 11.9. The van der Waals surface area contributed by atoms with Gasteiger partial charge in [-0.25, -0.2) is 9.78 Å². The number of imidazole rings is 1. The fourth-order valence-corrected chi connectivity index (χ4v) is 2.53. The highest BCUT2D eigenvalue weighted by atomic mass is 16.2. The number of aromatic nitrogens is 4. The van der Waals surface area contributed by atoms with Crippen LogP contribution in [-0.4, -0.2) is 31.6 Å². The molecule has 0 saturated heterocycles. The molecule has 0 aliphatic heterocycles. The summed E-state index contributed by atoms with van der Waals surface area (Å²) >= 11 is 0. The molecule has 2 heterocycles. The molecular weight excluding hydrogens is 308 g/mol. The van der Waals surface area contributed by atoms with Crippen molar-refractivity contribution in [3.63, 3.8) is 0 Å². The van der Waals surface area contributed by atoms with E-state index in [1.807, 2.05) is 18.2 Å². The molecule has 8 heteroatoms. The molecule has 3 aromatic rings. The maximum Gasteiger partial charge on any atom is 0.328 e. The molecule has 124 valence electrons. The number of carbonyl (C=O) groups excluding carboxylic acids is 1. The van der Waals surface area contributed by atoms with Crippen LogP contribution in [0.5, 0.6) is 0 Å². The molecule has 0 bridgehead atoms. The van der Waals surface area contributed by atoms with Gasteiger partial charge in [0.1, 0.15) is 0 Å². The predicted octanol–water partition coefficient (Wildman–Crippen LogP) is 0.395. The lowest BCUT2D eigenvalue weighted by molar-refractivity contribution is -0.115. The summed E-state index contributed by atoms with van der Waals surface area (Å²) in [6.07, 6.45) is 4.55. The molecule has 2 aromatic heterocycles. The van der Waals surface area contributed by atoms with Crippen molar-refractivity contribution < 1.29 is 4.79 Å². The molecule has 0 spiro atoms. The highest BCUT2D eigenvalue weighted by molar-refractivity contribution is 5.91. The van der Waals surface area contributed by atoms with Crippen molar-refractivity contribution in [1.82, 2.24) is 24.4 Å². The minimum Gasteiger partial charge on any atom is -0.308 e. The molecule has 0 saturated carbocycles. The van der Waals surface area contributed by atoms with Gasteiger partial charge in [0.25, 0.3) is 0 Å². The van der Waals surface area contributed by atoms with E-state index in [-0.39, 0.29) is 18.1 Å². The van der Waals surface area contributed by atoms with Gasteiger partial charge in [-0.15, -0.1) is 0 Å². The normalized spacial score (nSPS) is 10.9. The highest BCUT2D eigenvalue weighted by Crippen LogP contribution is 2.13. The Kier molecular flexibility index (Phi) is 4.39. The van der Waals surface area contributed by atoms with Crippen molar-refractivity contribution >= 4 is 22.8 Å². The Morgan fingerprint density at radius 1 is 1.17 bits per heavy atom. The lowest BCUT2D eigenvalue weighted by Crippen LogP contribution is -2.28. The molecule has 0 atom stereocenters. The molecule has 3 rings (SSSR count). The molecule has 0 aliphatic rings. The second-order valence-corrected chi connectivity index (χ2v) is 5.47. The first kappa shape index (κ1) is 15.9. The van der Waals surface area contributed by atoms with E-state index in [9.17, 15) is 9.59 Å². The molecular formula is C16H18N6O2. The van der Waals surface area contributed by atoms with E-state index in [2.05, 4.69) is 20.6 Å². The third-order valence-corrected chi connectivity index (χ3v) is 3.78. The summed E-state index contributed by atoms with van der Waals surface area (Å²) in [5, 5.41) is 5.73. The van der Waals surface area contributed by atoms with E-state index < -0.39 is 0 Å². The molecule has 1 amide bonds. The van der Waals surface area contributed by atoms with E-state index in [0.29, 0.717) is 12.4 Å². The summed E-state index contributed by atoms with van der Waals surface area (Å²) in [6, 6.07) is 5.80. The summed E-state index contributed by atoms with van der Waals surface area (Å²) in [5.74, 6) is 0.230. The molecule has 0 fully saturated rings. The first-order valence-corrected chi connectivity index (χ1v) is 7.47. The van der Waals surface area contributed by atoms with E-state index in [0.717, 1.165) is 16.6 Å². The standard InChI is InChI=1S/C16H18N6O2/c1-21-12-4-3-11(7-13(12)22(2)16(21)24)8-18-10-15(23)20-14-9-17-5-6-19-14/h3-7,9,18H,8,10H2,1-2H3,(H,19,20,23). The smallest absolute Gasteiger partial charge is 0.308 e. The Morgan fingerprint density at radius 2 is 1.96 bits per heavy atom. The number of fused-ring (bicyclic) bond motifs is 1. The number of carbonyl (C=O) groups is 1. The molecule has 1 aromatic carbocycles. The topological polar surface area (TPSA) is 93.8 Å². The van der Waals surface area contributed by atoms with Gasteiger partial charge in [-0.3, -0.25) is 18.9 Å². The van der Waals surface area contributed by atoms with Crippen LogP contribution in [0.2, 0.25) is 0 Å². The third-order valence-electron chi connectivity index (χ3n) is 3.78. The van der Waals surface area contributed by atoms with E-state index in [4.69, 9.17) is 0 Å². The van der Waals surface area contributed by atoms with Crippen molar-refractivity contribution in [3.8, 4) is 0 Å². The number of aryl methyl sites for hydroxylation is 2. The Balaban J connectivity index is 1.61. The lowest BCUT2D eigenvalue weighted by atomic mass is 10.2. The van der Waals surface area contributed by atoms with E-state index in [1.165, 1.54) is 12.4 Å². The quantitative estimate of drug-likeness (QED) is 0.708. The number of nitrogens with one attached hydrogen (secondary N) is 2. The van der Waals surface area contributed by atoms with Crippen LogP contribution in [0.4, 0.5) is 5.82 Å². The van der Waals surface area contributed by atoms with Crippen molar-refractivity contribution in [1.29, 1.82) is 0 Å². The zero-order valence-electron chi connectivity index (χ0n) is 13.5. The van der Waals surface area contributed by atoms with Gasteiger partial charge < -0.3 is 10.6 Å². The van der Waals surface area contributed by atoms with E-state index >= 15 is 0 Å². The van der Waals surface area contributed by atoms with Gasteiger partial charge in [0.2, 0.25) is 5.91 Å². The minimum absolute atomic E-state index is 0.0570. The number of hydrogen-bond donors (Lipinski definition) is 2. The van der Waals surface area contributed by atoms with Crippen LogP contribution in [0.1, 0.15) is 5.56 Å². The number of benzene rings is 1. The van der Waals surface area contributed by atoms with Gasteiger partial charge >= 0.3 is 5.69 Å². The first-order chi connectivity index (χ1) is 11.6. The molecule has 0 unspecified atom stereocenters. The molecule has 2 N–H and O–H groups in total. The fourth-order valence-electron chi connectivity index (χ4n) is 2.53. The lowest BCUT2D eigenvalue weighted by Gasteiger charge is -2.06. The van der Waals surface area contributed by atoms with Crippen molar-refractivity contribution in [3.05, 3.63) is 52.8 Å². The number of nitrogens with zero attached hydrogens (tertiary/aromatic N) is 4. The Labute approximate surface area is 138 Å². The minimum atomic E-state index is -0.191. The fraction of sp³-hybridized carbons (Fsp3) is 0.250. The first-order valence-electron chi connectivity index (χ1n) is 7.47. The van der Waals surface area contributed by atoms with Crippen molar-refractivity contribution in [2.45, 2.75) is 6.54 Å². The zero-order valence-corrected chi connectivity index (χ0v) is 13.5. The Hall–Kier alpha value is -3.00. The summed E-state index contributed by atoms with van der Waals surface area (Å²) < 4.78 is 3.22. The summed E-state index contributed by atoms with van der Waals surface area (Å²) in [7, 11) is 3.50. The van der Waals surface area contributed by atoms with Gasteiger partial charge in [-0.1, -0.05) is 6.07 Å². The number of anilines is 1. The number of rotatable bonds is 5. The van der Waals surface area contributed by atoms with Gasteiger partial charge in [-0.05, 0) is 17.7 Å². The predicted molar refractivity (Wildman–Crippen MR) is 90.5 cm³/mol. The Bertz CT molecular complexity index is 929. The highest BCUT2D eigenvalue weighted by Gasteiger charge is 2.08.